The lowest BCUT2D eigenvalue weighted by Crippen LogP contribution is -2.41. The zero-order valence-electron chi connectivity index (χ0n) is 20.0. The predicted octanol–water partition coefficient (Wildman–Crippen LogP) is 9.57. The van der Waals surface area contributed by atoms with Crippen LogP contribution in [-0.2, 0) is 0 Å². The van der Waals surface area contributed by atoms with Crippen LogP contribution in [0.4, 0.5) is 0 Å². The van der Waals surface area contributed by atoms with Gasteiger partial charge in [-0.15, -0.1) is 0 Å². The van der Waals surface area contributed by atoms with E-state index in [2.05, 4.69) is 27.7 Å². The van der Waals surface area contributed by atoms with Crippen molar-refractivity contribution in [3.8, 4) is 0 Å². The van der Waals surface area contributed by atoms with Gasteiger partial charge in [-0.3, -0.25) is 0 Å². The number of fused-ring (bicyclic) bond motifs is 1. The molecule has 0 heterocycles. The van der Waals surface area contributed by atoms with Crippen molar-refractivity contribution in [3.05, 3.63) is 0 Å². The molecule has 0 bridgehead atoms. The Kier molecular flexibility index (Phi) is 8.38. The molecule has 0 heteroatoms. The number of rotatable bonds is 1. The van der Waals surface area contributed by atoms with E-state index in [4.69, 9.17) is 0 Å². The van der Waals surface area contributed by atoms with E-state index in [1.807, 2.05) is 0 Å². The molecule has 0 spiro atoms. The van der Waals surface area contributed by atoms with Crippen molar-refractivity contribution in [2.75, 3.05) is 0 Å². The zero-order chi connectivity index (χ0) is 20.0. The lowest BCUT2D eigenvalue weighted by molar-refractivity contribution is 0.00167. The summed E-state index contributed by atoms with van der Waals surface area (Å²) in [6.07, 6.45) is 27.0. The molecular formula is C28H52. The van der Waals surface area contributed by atoms with Crippen LogP contribution in [-0.4, -0.2) is 0 Å². The standard InChI is InChI=1S/C28H52/c1-23-17-11-8-10-14-20-27(3,21-16-13-18-23)28(4)22-15-9-6-5-7-12-19-25-24(2)26(25)28/h23-26H,5-22H2,1-4H3. The van der Waals surface area contributed by atoms with Gasteiger partial charge in [-0.25, -0.2) is 0 Å². The van der Waals surface area contributed by atoms with Crippen LogP contribution in [0.3, 0.4) is 0 Å². The summed E-state index contributed by atoms with van der Waals surface area (Å²) in [7, 11) is 0. The van der Waals surface area contributed by atoms with Crippen LogP contribution in [0, 0.1) is 34.5 Å². The fourth-order valence-corrected chi connectivity index (χ4v) is 7.70. The highest BCUT2D eigenvalue weighted by Gasteiger charge is 2.60. The second kappa shape index (κ2) is 10.3. The van der Waals surface area contributed by atoms with Crippen molar-refractivity contribution in [2.24, 2.45) is 34.5 Å². The molecule has 6 atom stereocenters. The Balaban J connectivity index is 1.76. The van der Waals surface area contributed by atoms with Gasteiger partial charge in [0.05, 0.1) is 0 Å². The lowest BCUT2D eigenvalue weighted by Gasteiger charge is -2.49. The van der Waals surface area contributed by atoms with Gasteiger partial charge in [0, 0.05) is 0 Å². The highest BCUT2D eigenvalue weighted by atomic mass is 14.6. The van der Waals surface area contributed by atoms with E-state index >= 15 is 0 Å². The molecule has 0 N–H and O–H groups in total. The van der Waals surface area contributed by atoms with Crippen molar-refractivity contribution in [2.45, 2.75) is 143 Å². The average molecular weight is 389 g/mol. The Morgan fingerprint density at radius 2 is 1.00 bits per heavy atom. The highest BCUT2D eigenvalue weighted by molar-refractivity contribution is 5.09. The van der Waals surface area contributed by atoms with Crippen LogP contribution < -0.4 is 0 Å². The van der Waals surface area contributed by atoms with Gasteiger partial charge in [-0.05, 0) is 60.2 Å². The minimum Gasteiger partial charge on any atom is -0.0625 e. The maximum absolute atomic E-state index is 2.78. The van der Waals surface area contributed by atoms with Crippen molar-refractivity contribution in [3.63, 3.8) is 0 Å². The molecule has 3 saturated carbocycles. The third-order valence-electron chi connectivity index (χ3n) is 10.0. The van der Waals surface area contributed by atoms with Crippen molar-refractivity contribution in [1.82, 2.24) is 0 Å². The summed E-state index contributed by atoms with van der Waals surface area (Å²) in [4.78, 5) is 0. The van der Waals surface area contributed by atoms with Crippen LogP contribution in [0.1, 0.15) is 143 Å². The molecule has 0 amide bonds. The molecule has 0 radical (unpaired) electrons. The molecule has 0 saturated heterocycles. The monoisotopic (exact) mass is 388 g/mol. The normalized spacial score (nSPS) is 45.0. The maximum Gasteiger partial charge on any atom is -0.0238 e. The summed E-state index contributed by atoms with van der Waals surface area (Å²) < 4.78 is 0. The summed E-state index contributed by atoms with van der Waals surface area (Å²) in [6, 6.07) is 0. The van der Waals surface area contributed by atoms with E-state index in [0.717, 1.165) is 23.7 Å². The molecule has 6 unspecified atom stereocenters. The van der Waals surface area contributed by atoms with Gasteiger partial charge in [0.2, 0.25) is 0 Å². The fourth-order valence-electron chi connectivity index (χ4n) is 7.70. The van der Waals surface area contributed by atoms with Gasteiger partial charge in [-0.1, -0.05) is 118 Å². The van der Waals surface area contributed by atoms with Gasteiger partial charge in [0.1, 0.15) is 0 Å². The first kappa shape index (κ1) is 22.7. The van der Waals surface area contributed by atoms with Gasteiger partial charge in [-0.2, -0.15) is 0 Å². The summed E-state index contributed by atoms with van der Waals surface area (Å²) in [6.45, 7) is 10.7. The van der Waals surface area contributed by atoms with E-state index in [0.29, 0.717) is 10.8 Å². The van der Waals surface area contributed by atoms with Crippen LogP contribution in [0.15, 0.2) is 0 Å². The Morgan fingerprint density at radius 3 is 1.68 bits per heavy atom. The molecule has 0 aromatic rings. The molecule has 3 rings (SSSR count). The molecule has 0 aliphatic heterocycles. The van der Waals surface area contributed by atoms with E-state index in [1.54, 1.807) is 0 Å². The van der Waals surface area contributed by atoms with Gasteiger partial charge in [0.25, 0.3) is 0 Å². The lowest BCUT2D eigenvalue weighted by atomic mass is 9.55. The Morgan fingerprint density at radius 1 is 0.536 bits per heavy atom. The molecular weight excluding hydrogens is 336 g/mol. The molecule has 0 aromatic carbocycles. The molecule has 0 aromatic heterocycles. The highest BCUT2D eigenvalue weighted by Crippen LogP contribution is 2.67. The largest absolute Gasteiger partial charge is 0.0625 e. The summed E-state index contributed by atoms with van der Waals surface area (Å²) in [5.41, 5.74) is 1.17. The van der Waals surface area contributed by atoms with Crippen molar-refractivity contribution < 1.29 is 0 Å². The molecule has 3 fully saturated rings. The first-order chi connectivity index (χ1) is 13.5. The van der Waals surface area contributed by atoms with Crippen molar-refractivity contribution in [1.29, 1.82) is 0 Å². The topological polar surface area (TPSA) is 0 Å². The zero-order valence-corrected chi connectivity index (χ0v) is 20.0. The first-order valence-electron chi connectivity index (χ1n) is 13.5. The van der Waals surface area contributed by atoms with Gasteiger partial charge < -0.3 is 0 Å². The smallest absolute Gasteiger partial charge is 0.0238 e. The summed E-state index contributed by atoms with van der Waals surface area (Å²) in [5.74, 6) is 4.05. The fraction of sp³-hybridized carbons (Fsp3) is 1.00. The second-order valence-corrected chi connectivity index (χ2v) is 12.0. The Bertz CT molecular complexity index is 453. The Hall–Kier alpha value is 0. The third kappa shape index (κ3) is 5.37. The minimum atomic E-state index is 0.581. The van der Waals surface area contributed by atoms with Gasteiger partial charge in [0.15, 0.2) is 0 Å². The minimum absolute atomic E-state index is 0.581. The number of hydrogen-bond donors (Lipinski definition) is 0. The maximum atomic E-state index is 2.78. The first-order valence-corrected chi connectivity index (χ1v) is 13.5. The van der Waals surface area contributed by atoms with E-state index in [9.17, 15) is 0 Å². The molecule has 3 aliphatic rings. The second-order valence-electron chi connectivity index (χ2n) is 12.0. The predicted molar refractivity (Wildman–Crippen MR) is 125 cm³/mol. The molecule has 0 nitrogen and oxygen atoms in total. The van der Waals surface area contributed by atoms with Gasteiger partial charge >= 0.3 is 0 Å². The van der Waals surface area contributed by atoms with E-state index in [1.165, 1.54) is 116 Å². The van der Waals surface area contributed by atoms with E-state index < -0.39 is 0 Å². The van der Waals surface area contributed by atoms with Crippen LogP contribution in [0.5, 0.6) is 0 Å². The SMILES string of the molecule is CC1CCCCCCC(C)(C2(C)CCCCCCCCC3C(C)C32)CCCC1. The van der Waals surface area contributed by atoms with Crippen LogP contribution in [0.2, 0.25) is 0 Å². The molecule has 3 aliphatic carbocycles. The Labute approximate surface area is 178 Å². The summed E-state index contributed by atoms with van der Waals surface area (Å²) in [5, 5.41) is 0. The average Bonchev–Trinajstić information content (AvgIpc) is 3.32. The molecule has 164 valence electrons. The van der Waals surface area contributed by atoms with Crippen LogP contribution in [0.25, 0.3) is 0 Å². The quantitative estimate of drug-likeness (QED) is 0.419. The summed E-state index contributed by atoms with van der Waals surface area (Å²) >= 11 is 0. The van der Waals surface area contributed by atoms with Crippen LogP contribution >= 0.6 is 0 Å². The van der Waals surface area contributed by atoms with Crippen molar-refractivity contribution >= 4 is 0 Å². The van der Waals surface area contributed by atoms with E-state index in [-0.39, 0.29) is 0 Å². The third-order valence-corrected chi connectivity index (χ3v) is 10.0. The number of hydrogen-bond acceptors (Lipinski definition) is 0. The molecule has 28 heavy (non-hydrogen) atoms.